The molecule has 0 amide bonds. The summed E-state index contributed by atoms with van der Waals surface area (Å²) in [6, 6.07) is 12.8. The molecule has 1 fully saturated rings. The van der Waals surface area contributed by atoms with Crippen LogP contribution in [0.25, 0.3) is 10.9 Å². The number of para-hydroxylation sites is 1. The van der Waals surface area contributed by atoms with E-state index in [1.807, 2.05) is 30.5 Å². The number of rotatable bonds is 5. The van der Waals surface area contributed by atoms with Crippen molar-refractivity contribution >= 4 is 56.1 Å². The van der Waals surface area contributed by atoms with Crippen molar-refractivity contribution in [1.29, 1.82) is 0 Å². The molecule has 2 aromatic carbocycles. The lowest BCUT2D eigenvalue weighted by Gasteiger charge is -2.26. The molecular weight excluding hydrogens is 442 g/mol. The Balaban J connectivity index is 1.80. The summed E-state index contributed by atoms with van der Waals surface area (Å²) in [5.74, 6) is -0.968. The van der Waals surface area contributed by atoms with Crippen molar-refractivity contribution in [3.63, 3.8) is 0 Å². The minimum Gasteiger partial charge on any atom is -0.478 e. The van der Waals surface area contributed by atoms with Crippen molar-refractivity contribution in [2.75, 3.05) is 31.6 Å². The number of ether oxygens (including phenoxy) is 1. The van der Waals surface area contributed by atoms with E-state index >= 15 is 0 Å². The van der Waals surface area contributed by atoms with E-state index in [0.29, 0.717) is 18.9 Å². The highest BCUT2D eigenvalue weighted by molar-refractivity contribution is 9.10. The van der Waals surface area contributed by atoms with Crippen molar-refractivity contribution in [2.24, 2.45) is 0 Å². The molecule has 8 heteroatoms. The van der Waals surface area contributed by atoms with Crippen LogP contribution in [-0.2, 0) is 4.74 Å². The number of nitrogens with zero attached hydrogens (tertiary/aromatic N) is 2. The van der Waals surface area contributed by atoms with Gasteiger partial charge in [-0.15, -0.1) is 0 Å². The lowest BCUT2D eigenvalue weighted by Crippen LogP contribution is -2.31. The van der Waals surface area contributed by atoms with E-state index in [9.17, 15) is 9.90 Å². The second-order valence-electron chi connectivity index (χ2n) is 6.27. The van der Waals surface area contributed by atoms with Gasteiger partial charge in [0.1, 0.15) is 0 Å². The van der Waals surface area contributed by atoms with Gasteiger partial charge in [-0.3, -0.25) is 4.98 Å². The topological polar surface area (TPSA) is 74.7 Å². The van der Waals surface area contributed by atoms with Gasteiger partial charge in [0.2, 0.25) is 0 Å². The maximum atomic E-state index is 11.6. The third-order valence-corrected chi connectivity index (χ3v) is 6.03. The SMILES string of the molecule is O=C(O)c1ccccc1Nc1c(SN2CCOCC2)cnc2ccc(Br)cc12. The van der Waals surface area contributed by atoms with Crippen LogP contribution in [-0.4, -0.2) is 46.7 Å². The molecule has 0 radical (unpaired) electrons. The van der Waals surface area contributed by atoms with Gasteiger partial charge in [-0.1, -0.05) is 28.1 Å². The van der Waals surface area contributed by atoms with Crippen LogP contribution in [0.5, 0.6) is 0 Å². The van der Waals surface area contributed by atoms with Gasteiger partial charge in [0.25, 0.3) is 0 Å². The quantitative estimate of drug-likeness (QED) is 0.531. The first-order chi connectivity index (χ1) is 13.6. The van der Waals surface area contributed by atoms with Crippen molar-refractivity contribution in [1.82, 2.24) is 9.29 Å². The van der Waals surface area contributed by atoms with Gasteiger partial charge in [-0.05, 0) is 42.3 Å². The predicted octanol–water partition coefficient (Wildman–Crippen LogP) is 4.78. The molecule has 1 aliphatic heterocycles. The van der Waals surface area contributed by atoms with Crippen LogP contribution in [0.3, 0.4) is 0 Å². The number of halogens is 1. The molecule has 0 unspecified atom stereocenters. The largest absolute Gasteiger partial charge is 0.478 e. The first-order valence-electron chi connectivity index (χ1n) is 8.80. The number of carboxylic acids is 1. The Morgan fingerprint density at radius 2 is 2.00 bits per heavy atom. The third kappa shape index (κ3) is 4.15. The maximum Gasteiger partial charge on any atom is 0.337 e. The van der Waals surface area contributed by atoms with Gasteiger partial charge >= 0.3 is 5.97 Å². The molecule has 0 aliphatic carbocycles. The monoisotopic (exact) mass is 459 g/mol. The van der Waals surface area contributed by atoms with Gasteiger partial charge in [0.15, 0.2) is 0 Å². The van der Waals surface area contributed by atoms with E-state index in [2.05, 4.69) is 30.5 Å². The second kappa shape index (κ2) is 8.48. The maximum absolute atomic E-state index is 11.6. The normalized spacial score (nSPS) is 14.9. The lowest BCUT2D eigenvalue weighted by atomic mass is 10.1. The van der Waals surface area contributed by atoms with Crippen molar-refractivity contribution in [3.8, 4) is 0 Å². The summed E-state index contributed by atoms with van der Waals surface area (Å²) in [6.07, 6.45) is 1.84. The first-order valence-corrected chi connectivity index (χ1v) is 10.4. The molecule has 3 aromatic rings. The zero-order valence-corrected chi connectivity index (χ0v) is 17.3. The van der Waals surface area contributed by atoms with Crippen LogP contribution in [0, 0.1) is 0 Å². The zero-order valence-electron chi connectivity index (χ0n) is 14.9. The number of aromatic carboxylic acids is 1. The molecule has 2 N–H and O–H groups in total. The van der Waals surface area contributed by atoms with Crippen molar-refractivity contribution in [2.45, 2.75) is 4.90 Å². The fourth-order valence-corrected chi connectivity index (χ4v) is 4.36. The van der Waals surface area contributed by atoms with E-state index in [1.165, 1.54) is 0 Å². The second-order valence-corrected chi connectivity index (χ2v) is 8.32. The van der Waals surface area contributed by atoms with Crippen LogP contribution in [0.4, 0.5) is 11.4 Å². The molecule has 144 valence electrons. The number of pyridine rings is 1. The van der Waals surface area contributed by atoms with E-state index in [-0.39, 0.29) is 5.56 Å². The van der Waals surface area contributed by atoms with Gasteiger partial charge in [-0.25, -0.2) is 9.10 Å². The molecular formula is C20H18BrN3O3S. The van der Waals surface area contributed by atoms with E-state index < -0.39 is 5.97 Å². The molecule has 2 heterocycles. The van der Waals surface area contributed by atoms with E-state index in [1.54, 1.807) is 30.1 Å². The smallest absolute Gasteiger partial charge is 0.337 e. The summed E-state index contributed by atoms with van der Waals surface area (Å²) in [4.78, 5) is 17.2. The number of anilines is 2. The molecule has 6 nitrogen and oxygen atoms in total. The Morgan fingerprint density at radius 3 is 2.79 bits per heavy atom. The van der Waals surface area contributed by atoms with Crippen LogP contribution < -0.4 is 5.32 Å². The van der Waals surface area contributed by atoms with Crippen LogP contribution >= 0.6 is 27.9 Å². The van der Waals surface area contributed by atoms with Gasteiger partial charge in [-0.2, -0.15) is 0 Å². The fourth-order valence-electron chi connectivity index (χ4n) is 3.03. The molecule has 1 aromatic heterocycles. The van der Waals surface area contributed by atoms with Crippen LogP contribution in [0.1, 0.15) is 10.4 Å². The number of benzene rings is 2. The van der Waals surface area contributed by atoms with Gasteiger partial charge in [0, 0.05) is 29.1 Å². The van der Waals surface area contributed by atoms with Crippen LogP contribution in [0.2, 0.25) is 0 Å². The summed E-state index contributed by atoms with van der Waals surface area (Å²) < 4.78 is 8.60. The zero-order chi connectivity index (χ0) is 19.5. The highest BCUT2D eigenvalue weighted by Crippen LogP contribution is 2.38. The predicted molar refractivity (Wildman–Crippen MR) is 114 cm³/mol. The fraction of sp³-hybridized carbons (Fsp3) is 0.200. The van der Waals surface area contributed by atoms with E-state index in [4.69, 9.17) is 4.74 Å². The highest BCUT2D eigenvalue weighted by atomic mass is 79.9. The average molecular weight is 460 g/mol. The first kappa shape index (κ1) is 19.2. The lowest BCUT2D eigenvalue weighted by molar-refractivity contribution is 0.0698. The number of nitrogens with one attached hydrogen (secondary N) is 1. The number of hydrogen-bond donors (Lipinski definition) is 2. The van der Waals surface area contributed by atoms with Crippen LogP contribution in [0.15, 0.2) is 58.0 Å². The third-order valence-electron chi connectivity index (χ3n) is 4.41. The summed E-state index contributed by atoms with van der Waals surface area (Å²) in [5, 5.41) is 13.8. The summed E-state index contributed by atoms with van der Waals surface area (Å²) in [5.41, 5.74) is 2.46. The number of aromatic nitrogens is 1. The highest BCUT2D eigenvalue weighted by Gasteiger charge is 2.18. The Bertz CT molecular complexity index is 1020. The van der Waals surface area contributed by atoms with Gasteiger partial charge < -0.3 is 15.2 Å². The number of carbonyl (C=O) groups is 1. The van der Waals surface area contributed by atoms with Crippen molar-refractivity contribution in [3.05, 3.63) is 58.7 Å². The van der Waals surface area contributed by atoms with Gasteiger partial charge in [0.05, 0.1) is 40.6 Å². The molecule has 1 saturated heterocycles. The molecule has 4 rings (SSSR count). The average Bonchev–Trinajstić information content (AvgIpc) is 2.71. The molecule has 28 heavy (non-hydrogen) atoms. The van der Waals surface area contributed by atoms with Crippen molar-refractivity contribution < 1.29 is 14.6 Å². The molecule has 0 saturated carbocycles. The summed E-state index contributed by atoms with van der Waals surface area (Å²) >= 11 is 5.14. The standard InChI is InChI=1S/C20H18BrN3O3S/c21-13-5-6-16-15(11-13)19(23-17-4-2-1-3-14(17)20(25)26)18(12-22-16)28-24-7-9-27-10-8-24/h1-6,11-12H,7-10H2,(H,22,23)(H,25,26). The molecule has 0 bridgehead atoms. The minimum absolute atomic E-state index is 0.227. The number of carboxylic acid groups (broad SMARTS) is 1. The Kier molecular flexibility index (Phi) is 5.82. The minimum atomic E-state index is -0.968. The number of fused-ring (bicyclic) bond motifs is 1. The summed E-state index contributed by atoms with van der Waals surface area (Å²) in [7, 11) is 0. The number of hydrogen-bond acceptors (Lipinski definition) is 6. The van der Waals surface area contributed by atoms with E-state index in [0.717, 1.165) is 39.0 Å². The molecule has 0 spiro atoms. The molecule has 1 aliphatic rings. The Morgan fingerprint density at radius 1 is 1.21 bits per heavy atom. The Labute approximate surface area is 175 Å². The Hall–Kier alpha value is -2.13. The summed E-state index contributed by atoms with van der Waals surface area (Å²) in [6.45, 7) is 3.05. The number of morpholine rings is 1. The molecule has 0 atom stereocenters.